The number of piperidine rings is 1. The van der Waals surface area contributed by atoms with Crippen molar-refractivity contribution in [2.45, 2.75) is 96.7 Å². The normalized spacial score (nSPS) is 37.6. The number of nitrogens with zero attached hydrogens (tertiary/aromatic N) is 2. The van der Waals surface area contributed by atoms with E-state index in [4.69, 9.17) is 0 Å². The smallest absolute Gasteiger partial charge is 0.148 e. The van der Waals surface area contributed by atoms with Crippen LogP contribution in [0.2, 0.25) is 0 Å². The van der Waals surface area contributed by atoms with Crippen LogP contribution in [-0.2, 0) is 4.79 Å². The number of rotatable bonds is 4. The summed E-state index contributed by atoms with van der Waals surface area (Å²) >= 11 is 0. The summed E-state index contributed by atoms with van der Waals surface area (Å²) in [7, 11) is 0. The van der Waals surface area contributed by atoms with Gasteiger partial charge in [0.25, 0.3) is 0 Å². The number of anilines is 1. The van der Waals surface area contributed by atoms with E-state index in [0.717, 1.165) is 37.9 Å². The average Bonchev–Trinajstić information content (AvgIpc) is 3.26. The molecule has 7 atom stereocenters. The van der Waals surface area contributed by atoms with Gasteiger partial charge in [0.1, 0.15) is 18.0 Å². The van der Waals surface area contributed by atoms with Gasteiger partial charge >= 0.3 is 0 Å². The Hall–Kier alpha value is -2.74. The van der Waals surface area contributed by atoms with Crippen LogP contribution in [0.5, 0.6) is 0 Å². The van der Waals surface area contributed by atoms with Crippen LogP contribution in [0.1, 0.15) is 90.0 Å². The van der Waals surface area contributed by atoms with E-state index in [1.54, 1.807) is 13.0 Å². The van der Waals surface area contributed by atoms with E-state index in [-0.39, 0.29) is 29.0 Å². The Kier molecular flexibility index (Phi) is 6.81. The lowest BCUT2D eigenvalue weighted by Gasteiger charge is -2.55. The molecule has 1 heterocycles. The Morgan fingerprint density at radius 1 is 1.13 bits per heavy atom. The molecular weight excluding hydrogens is 487 g/mol. The molecule has 0 bridgehead atoms. The molecule has 0 spiro atoms. The molecule has 1 aliphatic heterocycles. The van der Waals surface area contributed by atoms with Crippen molar-refractivity contribution in [2.24, 2.45) is 27.8 Å². The molecule has 2 saturated carbocycles. The summed E-state index contributed by atoms with van der Waals surface area (Å²) in [6.07, 6.45) is 8.76. The summed E-state index contributed by atoms with van der Waals surface area (Å²) in [5, 5.41) is 3.26. The number of halogens is 1. The second kappa shape index (κ2) is 10.0. The molecule has 1 saturated heterocycles. The van der Waals surface area contributed by atoms with Crippen molar-refractivity contribution in [3.63, 3.8) is 0 Å². The zero-order valence-corrected chi connectivity index (χ0v) is 23.6. The molecular formula is C34H41FN2O2. The summed E-state index contributed by atoms with van der Waals surface area (Å²) in [6.45, 7) is 8.03. The largest absolute Gasteiger partial charge is 0.372 e. The average molecular weight is 529 g/mol. The monoisotopic (exact) mass is 528 g/mol. The Morgan fingerprint density at radius 3 is 2.54 bits per heavy atom. The number of fused-ring (bicyclic) bond motifs is 4. The minimum absolute atomic E-state index is 0.0818. The van der Waals surface area contributed by atoms with Gasteiger partial charge in [-0.15, -0.1) is 5.92 Å². The molecule has 4 nitrogen and oxygen atoms in total. The molecule has 6 rings (SSSR count). The van der Waals surface area contributed by atoms with Crippen molar-refractivity contribution < 1.29 is 9.18 Å². The fourth-order valence-electron chi connectivity index (χ4n) is 9.32. The maximum Gasteiger partial charge on any atom is 0.148 e. The Balaban J connectivity index is 1.49. The number of allylic oxidation sites excluding steroid dienone is 3. The number of alkyl halides is 1. The van der Waals surface area contributed by atoms with Gasteiger partial charge in [-0.1, -0.05) is 41.8 Å². The lowest BCUT2D eigenvalue weighted by molar-refractivity contribution is -0.130. The number of ketones is 1. The summed E-state index contributed by atoms with van der Waals surface area (Å²) in [5.41, 5.74) is 4.73. The highest BCUT2D eigenvalue weighted by molar-refractivity contribution is 5.87. The second-order valence-corrected chi connectivity index (χ2v) is 12.9. The quantitative estimate of drug-likeness (QED) is 0.297. The van der Waals surface area contributed by atoms with Gasteiger partial charge in [-0.05, 0) is 118 Å². The molecule has 0 amide bonds. The predicted molar refractivity (Wildman–Crippen MR) is 154 cm³/mol. The first-order chi connectivity index (χ1) is 18.8. The van der Waals surface area contributed by atoms with Crippen molar-refractivity contribution >= 4 is 11.5 Å². The van der Waals surface area contributed by atoms with E-state index in [1.807, 2.05) is 6.92 Å². The summed E-state index contributed by atoms with van der Waals surface area (Å²) in [4.78, 5) is 27.2. The third-order valence-corrected chi connectivity index (χ3v) is 11.2. The zero-order chi connectivity index (χ0) is 27.4. The number of benzene rings is 1. The molecule has 0 radical (unpaired) electrons. The summed E-state index contributed by atoms with van der Waals surface area (Å²) in [6, 6.07) is 8.65. The Labute approximate surface area is 232 Å². The number of Topliss-reactive ketones (excluding diaryl/α,β-unsaturated/α-hetero) is 1. The molecule has 3 unspecified atom stereocenters. The first-order valence-corrected chi connectivity index (χ1v) is 15.0. The minimum Gasteiger partial charge on any atom is -0.372 e. The van der Waals surface area contributed by atoms with Gasteiger partial charge in [-0.3, -0.25) is 4.79 Å². The number of hydrogen-bond donors (Lipinski definition) is 0. The summed E-state index contributed by atoms with van der Waals surface area (Å²) in [5.74, 6) is 7.10. The van der Waals surface area contributed by atoms with Crippen molar-refractivity contribution in [3.8, 4) is 11.8 Å². The van der Waals surface area contributed by atoms with E-state index in [2.05, 4.69) is 53.1 Å². The Morgan fingerprint density at radius 2 is 1.87 bits per heavy atom. The van der Waals surface area contributed by atoms with E-state index < -0.39 is 17.6 Å². The van der Waals surface area contributed by atoms with Crippen LogP contribution in [0, 0.1) is 39.4 Å². The third kappa shape index (κ3) is 4.04. The topological polar surface area (TPSA) is 49.7 Å². The van der Waals surface area contributed by atoms with Gasteiger partial charge in [0, 0.05) is 24.7 Å². The predicted octanol–water partition coefficient (Wildman–Crippen LogP) is 7.69. The van der Waals surface area contributed by atoms with Crippen LogP contribution in [-0.4, -0.2) is 31.1 Å². The molecule has 3 fully saturated rings. The van der Waals surface area contributed by atoms with Crippen LogP contribution >= 0.6 is 0 Å². The molecule has 1 aromatic rings. The molecule has 5 aliphatic rings. The van der Waals surface area contributed by atoms with Gasteiger partial charge in [0.05, 0.1) is 5.41 Å². The van der Waals surface area contributed by atoms with Crippen molar-refractivity contribution in [1.29, 1.82) is 0 Å². The van der Waals surface area contributed by atoms with Crippen molar-refractivity contribution in [2.75, 3.05) is 18.0 Å². The number of hydrogen-bond acceptors (Lipinski definition) is 4. The van der Waals surface area contributed by atoms with Crippen LogP contribution in [0.25, 0.3) is 0 Å². The van der Waals surface area contributed by atoms with Crippen molar-refractivity contribution in [1.82, 2.24) is 0 Å². The van der Waals surface area contributed by atoms with Gasteiger partial charge in [0.15, 0.2) is 0 Å². The fraction of sp³-hybridized carbons (Fsp3) is 0.618. The molecule has 39 heavy (non-hydrogen) atoms. The highest BCUT2D eigenvalue weighted by atomic mass is 19.1. The summed E-state index contributed by atoms with van der Waals surface area (Å²) < 4.78 is 15.9. The van der Waals surface area contributed by atoms with Gasteiger partial charge in [-0.25, -0.2) is 4.39 Å². The fourth-order valence-corrected chi connectivity index (χ4v) is 9.32. The third-order valence-electron chi connectivity index (χ3n) is 11.2. The molecule has 206 valence electrons. The minimum atomic E-state index is -1.09. The van der Waals surface area contributed by atoms with Crippen LogP contribution in [0.15, 0.2) is 52.2 Å². The van der Waals surface area contributed by atoms with E-state index in [1.165, 1.54) is 36.1 Å². The first-order valence-electron chi connectivity index (χ1n) is 15.0. The lowest BCUT2D eigenvalue weighted by atomic mass is 9.48. The maximum atomic E-state index is 15.9. The molecule has 4 aliphatic carbocycles. The maximum absolute atomic E-state index is 15.9. The number of carbonyl (C=O) groups excluding carboxylic acids is 1. The van der Waals surface area contributed by atoms with Crippen LogP contribution < -0.4 is 4.90 Å². The van der Waals surface area contributed by atoms with Crippen LogP contribution in [0.3, 0.4) is 0 Å². The zero-order valence-electron chi connectivity index (χ0n) is 23.6. The lowest BCUT2D eigenvalue weighted by Crippen LogP contribution is -2.51. The first kappa shape index (κ1) is 26.5. The van der Waals surface area contributed by atoms with E-state index >= 15 is 4.39 Å². The van der Waals surface area contributed by atoms with Gasteiger partial charge < -0.3 is 4.90 Å². The molecule has 5 heteroatoms. The molecule has 0 aromatic heterocycles. The number of carbonyl (C=O) groups is 1. The highest BCUT2D eigenvalue weighted by Crippen LogP contribution is 2.69. The number of nitroso groups, excluding NO2 is 1. The van der Waals surface area contributed by atoms with Crippen molar-refractivity contribution in [3.05, 3.63) is 57.5 Å². The van der Waals surface area contributed by atoms with E-state index in [0.29, 0.717) is 24.8 Å². The molecule has 1 aromatic carbocycles. The van der Waals surface area contributed by atoms with E-state index in [9.17, 15) is 9.70 Å². The SMILES string of the molecule is CC#C[C@]1(C(C)=O)CC[C@H]2[C@@H]3CC(F)C4=CC(N=O)CCC4=C3C(c3ccc(N4CCCCC4)cc3)C[C@@]21C. The van der Waals surface area contributed by atoms with Crippen LogP contribution in [0.4, 0.5) is 10.1 Å². The standard InChI is InChI=1S/C34H41FN2O2/c1-4-15-34(22(2)38)16-14-30-28-20-31(35)27-19-24(36-39)10-13-26(27)32(28)29(21-33(30,34)3)23-8-11-25(12-9-23)37-17-6-5-7-18-37/h8-9,11-12,19,24,28-31H,5-7,10,13-14,16-18,20-21H2,1-3H3/t24?,28-,29?,30-,31?,33-,34+/m0/s1. The van der Waals surface area contributed by atoms with Gasteiger partial charge in [-0.2, -0.15) is 4.91 Å². The Bertz CT molecular complexity index is 1280. The molecule has 0 N–H and O–H groups in total. The van der Waals surface area contributed by atoms with Gasteiger partial charge in [0.2, 0.25) is 0 Å². The second-order valence-electron chi connectivity index (χ2n) is 12.9. The highest BCUT2D eigenvalue weighted by Gasteiger charge is 2.65.